The van der Waals surface area contributed by atoms with Crippen molar-refractivity contribution in [2.75, 3.05) is 30.3 Å². The molecule has 0 unspecified atom stereocenters. The molecule has 3 heteroatoms. The first-order chi connectivity index (χ1) is 13.2. The number of ether oxygens (including phenoxy) is 1. The summed E-state index contributed by atoms with van der Waals surface area (Å²) in [6.45, 7) is 9.18. The third kappa shape index (κ3) is 7.54. The van der Waals surface area contributed by atoms with Crippen LogP contribution in [0.25, 0.3) is 0 Å². The highest BCUT2D eigenvalue weighted by Crippen LogP contribution is 2.21. The second-order valence-electron chi connectivity index (χ2n) is 7.11. The monoisotopic (exact) mass is 368 g/mol. The highest BCUT2D eigenvalue weighted by atomic mass is 16.5. The van der Waals surface area contributed by atoms with E-state index in [0.717, 1.165) is 44.0 Å². The van der Waals surface area contributed by atoms with E-state index in [0.29, 0.717) is 0 Å². The lowest BCUT2D eigenvalue weighted by atomic mass is 10.1. The molecule has 0 aliphatic rings. The van der Waals surface area contributed by atoms with Crippen LogP contribution in [0.1, 0.15) is 57.1 Å². The predicted molar refractivity (Wildman–Crippen MR) is 118 cm³/mol. The van der Waals surface area contributed by atoms with E-state index in [1.54, 1.807) is 0 Å². The number of aryl methyl sites for hydroxylation is 2. The van der Waals surface area contributed by atoms with E-state index in [9.17, 15) is 0 Å². The molecule has 0 saturated carbocycles. The van der Waals surface area contributed by atoms with Gasteiger partial charge in [0.1, 0.15) is 5.75 Å². The summed E-state index contributed by atoms with van der Waals surface area (Å²) in [4.78, 5) is 0. The Hall–Kier alpha value is -2.16. The summed E-state index contributed by atoms with van der Waals surface area (Å²) >= 11 is 0. The topological polar surface area (TPSA) is 33.3 Å². The molecule has 0 saturated heterocycles. The van der Waals surface area contributed by atoms with Gasteiger partial charge in [0.15, 0.2) is 0 Å². The quantitative estimate of drug-likeness (QED) is 0.400. The van der Waals surface area contributed by atoms with Gasteiger partial charge in [-0.25, -0.2) is 0 Å². The van der Waals surface area contributed by atoms with Crippen LogP contribution in [0.4, 0.5) is 11.4 Å². The Morgan fingerprint density at radius 2 is 1.63 bits per heavy atom. The first kappa shape index (κ1) is 21.1. The number of hydrogen-bond acceptors (Lipinski definition) is 3. The number of para-hydroxylation sites is 1. The van der Waals surface area contributed by atoms with E-state index in [4.69, 9.17) is 4.74 Å². The highest BCUT2D eigenvalue weighted by Gasteiger charge is 2.03. The molecular formula is C24H36N2O. The molecule has 2 N–H and O–H groups in total. The molecule has 0 amide bonds. The van der Waals surface area contributed by atoms with Crippen molar-refractivity contribution >= 4 is 11.4 Å². The number of unbranched alkanes of at least 4 members (excludes halogenated alkanes) is 4. The molecule has 148 valence electrons. The maximum atomic E-state index is 5.89. The minimum Gasteiger partial charge on any atom is -0.494 e. The van der Waals surface area contributed by atoms with Crippen LogP contribution in [-0.4, -0.2) is 19.7 Å². The first-order valence-corrected chi connectivity index (χ1v) is 10.5. The maximum Gasteiger partial charge on any atom is 0.121 e. The zero-order valence-electron chi connectivity index (χ0n) is 17.3. The lowest BCUT2D eigenvalue weighted by Gasteiger charge is -2.15. The lowest BCUT2D eigenvalue weighted by molar-refractivity contribution is 0.304. The van der Waals surface area contributed by atoms with Gasteiger partial charge in [-0.05, 0) is 43.0 Å². The highest BCUT2D eigenvalue weighted by molar-refractivity contribution is 5.57. The second-order valence-corrected chi connectivity index (χ2v) is 7.11. The SMILES string of the molecule is CCCCCCCOc1cccc(NCCNc2c(C)cccc2CC)c1. The summed E-state index contributed by atoms with van der Waals surface area (Å²) in [6, 6.07) is 14.8. The third-order valence-electron chi connectivity index (χ3n) is 4.85. The molecule has 0 spiro atoms. The fourth-order valence-corrected chi connectivity index (χ4v) is 3.26. The molecule has 0 heterocycles. The van der Waals surface area contributed by atoms with Crippen molar-refractivity contribution in [3.63, 3.8) is 0 Å². The number of anilines is 2. The fourth-order valence-electron chi connectivity index (χ4n) is 3.26. The molecule has 2 aromatic rings. The van der Waals surface area contributed by atoms with E-state index in [1.165, 1.54) is 42.5 Å². The Labute approximate surface area is 165 Å². The van der Waals surface area contributed by atoms with Crippen LogP contribution in [0.5, 0.6) is 5.75 Å². The molecule has 0 atom stereocenters. The average Bonchev–Trinajstić information content (AvgIpc) is 2.69. The molecule has 0 aromatic heterocycles. The largest absolute Gasteiger partial charge is 0.494 e. The molecule has 3 nitrogen and oxygen atoms in total. The zero-order chi connectivity index (χ0) is 19.3. The third-order valence-corrected chi connectivity index (χ3v) is 4.85. The van der Waals surface area contributed by atoms with E-state index >= 15 is 0 Å². The van der Waals surface area contributed by atoms with Crippen LogP contribution in [0.2, 0.25) is 0 Å². The minimum absolute atomic E-state index is 0.807. The zero-order valence-corrected chi connectivity index (χ0v) is 17.3. The van der Waals surface area contributed by atoms with Crippen molar-refractivity contribution in [2.45, 2.75) is 59.3 Å². The van der Waals surface area contributed by atoms with Gasteiger partial charge in [0.2, 0.25) is 0 Å². The van der Waals surface area contributed by atoms with E-state index in [-0.39, 0.29) is 0 Å². The smallest absolute Gasteiger partial charge is 0.121 e. The van der Waals surface area contributed by atoms with Gasteiger partial charge in [-0.2, -0.15) is 0 Å². The molecule has 0 aliphatic heterocycles. The molecule has 2 rings (SSSR count). The van der Waals surface area contributed by atoms with Gasteiger partial charge in [-0.1, -0.05) is 63.8 Å². The summed E-state index contributed by atoms with van der Waals surface area (Å²) in [5, 5.41) is 7.07. The van der Waals surface area contributed by atoms with Crippen LogP contribution < -0.4 is 15.4 Å². The van der Waals surface area contributed by atoms with Gasteiger partial charge in [0.25, 0.3) is 0 Å². The van der Waals surface area contributed by atoms with Crippen molar-refractivity contribution in [3.8, 4) is 5.75 Å². The summed E-state index contributed by atoms with van der Waals surface area (Å²) in [5.41, 5.74) is 5.08. The van der Waals surface area contributed by atoms with Gasteiger partial charge in [-0.3, -0.25) is 0 Å². The van der Waals surface area contributed by atoms with Crippen LogP contribution in [0.15, 0.2) is 42.5 Å². The van der Waals surface area contributed by atoms with Gasteiger partial charge in [0, 0.05) is 30.5 Å². The Morgan fingerprint density at radius 3 is 2.44 bits per heavy atom. The van der Waals surface area contributed by atoms with Crippen LogP contribution in [-0.2, 0) is 6.42 Å². The average molecular weight is 369 g/mol. The summed E-state index contributed by atoms with van der Waals surface area (Å²) < 4.78 is 5.89. The standard InChI is InChI=1S/C24H36N2O/c1-4-6-7-8-9-18-27-23-15-11-14-22(19-23)25-16-17-26-24-20(3)12-10-13-21(24)5-2/h10-15,19,25-26H,4-9,16-18H2,1-3H3. The normalized spacial score (nSPS) is 10.6. The summed E-state index contributed by atoms with van der Waals surface area (Å²) in [5.74, 6) is 0.954. The molecule has 2 aromatic carbocycles. The molecular weight excluding hydrogens is 332 g/mol. The second kappa shape index (κ2) is 12.3. The van der Waals surface area contributed by atoms with Crippen LogP contribution in [0.3, 0.4) is 0 Å². The van der Waals surface area contributed by atoms with Crippen molar-refractivity contribution in [3.05, 3.63) is 53.6 Å². The first-order valence-electron chi connectivity index (χ1n) is 10.5. The number of benzene rings is 2. The predicted octanol–water partition coefficient (Wildman–Crippen LogP) is 6.43. The van der Waals surface area contributed by atoms with Crippen LogP contribution >= 0.6 is 0 Å². The Bertz CT molecular complexity index is 669. The van der Waals surface area contributed by atoms with Crippen molar-refractivity contribution in [2.24, 2.45) is 0 Å². The number of rotatable bonds is 13. The molecule has 0 aliphatic carbocycles. The minimum atomic E-state index is 0.807. The number of nitrogens with one attached hydrogen (secondary N) is 2. The van der Waals surface area contributed by atoms with Gasteiger partial charge >= 0.3 is 0 Å². The van der Waals surface area contributed by atoms with E-state index < -0.39 is 0 Å². The summed E-state index contributed by atoms with van der Waals surface area (Å²) in [7, 11) is 0. The van der Waals surface area contributed by atoms with Crippen molar-refractivity contribution in [1.82, 2.24) is 0 Å². The van der Waals surface area contributed by atoms with E-state index in [2.05, 4.69) is 67.8 Å². The van der Waals surface area contributed by atoms with E-state index in [1.807, 2.05) is 6.07 Å². The van der Waals surface area contributed by atoms with Gasteiger partial charge < -0.3 is 15.4 Å². The Kier molecular flexibility index (Phi) is 9.61. The maximum absolute atomic E-state index is 5.89. The number of hydrogen-bond donors (Lipinski definition) is 2. The molecule has 27 heavy (non-hydrogen) atoms. The van der Waals surface area contributed by atoms with Crippen molar-refractivity contribution in [1.29, 1.82) is 0 Å². The van der Waals surface area contributed by atoms with Crippen LogP contribution in [0, 0.1) is 6.92 Å². The summed E-state index contributed by atoms with van der Waals surface area (Å²) in [6.07, 6.45) is 7.38. The Balaban J connectivity index is 1.72. The fraction of sp³-hybridized carbons (Fsp3) is 0.500. The van der Waals surface area contributed by atoms with Gasteiger partial charge in [-0.15, -0.1) is 0 Å². The van der Waals surface area contributed by atoms with Gasteiger partial charge in [0.05, 0.1) is 6.61 Å². The Morgan fingerprint density at radius 1 is 0.852 bits per heavy atom. The molecule has 0 bridgehead atoms. The molecule has 0 fully saturated rings. The van der Waals surface area contributed by atoms with Crippen molar-refractivity contribution < 1.29 is 4.74 Å². The molecule has 0 radical (unpaired) electrons. The lowest BCUT2D eigenvalue weighted by Crippen LogP contribution is -2.15.